The number of carbonyl (C=O) groups is 2. The first-order valence-corrected chi connectivity index (χ1v) is 17.1. The summed E-state index contributed by atoms with van der Waals surface area (Å²) in [6, 6.07) is 12.6. The molecule has 1 spiro atoms. The molecule has 2 aromatic rings. The highest BCUT2D eigenvalue weighted by Crippen LogP contribution is 2.42. The SMILES string of the molecule is CC(=O)N1c2ccc(-c3ccc(NS(C)(=O)=O)cc3)cc2N(C(=O)OC2CNCC3(CCCCCCCC3)C2)C[C@@H]1C. The Balaban J connectivity index is 1.39. The van der Waals surface area contributed by atoms with Crippen LogP contribution >= 0.6 is 0 Å². The summed E-state index contributed by atoms with van der Waals surface area (Å²) in [7, 11) is -3.38. The first-order chi connectivity index (χ1) is 20.0. The van der Waals surface area contributed by atoms with Gasteiger partial charge in [0.1, 0.15) is 6.10 Å². The van der Waals surface area contributed by atoms with Gasteiger partial charge in [0, 0.05) is 32.2 Å². The predicted octanol–water partition coefficient (Wildman–Crippen LogP) is 5.91. The van der Waals surface area contributed by atoms with E-state index in [-0.39, 0.29) is 29.6 Å². The number of hydrogen-bond acceptors (Lipinski definition) is 6. The Bertz CT molecular complexity index is 1380. The molecular formula is C32H44N4O5S. The van der Waals surface area contributed by atoms with Crippen LogP contribution in [0.25, 0.3) is 11.1 Å². The third-order valence-corrected chi connectivity index (χ3v) is 9.57. The lowest BCUT2D eigenvalue weighted by molar-refractivity contribution is -0.117. The summed E-state index contributed by atoms with van der Waals surface area (Å²) in [6.45, 7) is 5.45. The van der Waals surface area contributed by atoms with E-state index in [2.05, 4.69) is 10.0 Å². The molecule has 10 heteroatoms. The average molecular weight is 597 g/mol. The minimum absolute atomic E-state index is 0.0839. The van der Waals surface area contributed by atoms with E-state index in [0.29, 0.717) is 30.2 Å². The van der Waals surface area contributed by atoms with Crippen molar-refractivity contribution in [1.82, 2.24) is 5.32 Å². The van der Waals surface area contributed by atoms with Crippen molar-refractivity contribution in [2.24, 2.45) is 5.41 Å². The largest absolute Gasteiger partial charge is 0.444 e. The van der Waals surface area contributed by atoms with Gasteiger partial charge < -0.3 is 15.0 Å². The van der Waals surface area contributed by atoms with E-state index >= 15 is 0 Å². The molecule has 0 aromatic heterocycles. The second kappa shape index (κ2) is 12.6. The minimum atomic E-state index is -3.38. The van der Waals surface area contributed by atoms with Gasteiger partial charge in [0.05, 0.1) is 23.7 Å². The van der Waals surface area contributed by atoms with Crippen LogP contribution in [0.4, 0.5) is 21.9 Å². The first kappa shape index (κ1) is 30.4. The van der Waals surface area contributed by atoms with E-state index in [4.69, 9.17) is 4.74 Å². The molecule has 0 radical (unpaired) electrons. The number of fused-ring (bicyclic) bond motifs is 1. The maximum atomic E-state index is 13.8. The molecule has 1 unspecified atom stereocenters. The summed E-state index contributed by atoms with van der Waals surface area (Å²) in [5, 5.41) is 3.58. The molecule has 2 heterocycles. The molecule has 42 heavy (non-hydrogen) atoms. The molecule has 2 aliphatic heterocycles. The van der Waals surface area contributed by atoms with Gasteiger partial charge in [-0.15, -0.1) is 0 Å². The number of carbonyl (C=O) groups excluding carboxylic acids is 2. The Hall–Kier alpha value is -3.11. The van der Waals surface area contributed by atoms with Crippen molar-refractivity contribution in [1.29, 1.82) is 0 Å². The van der Waals surface area contributed by atoms with Crippen molar-refractivity contribution >= 4 is 39.1 Å². The van der Waals surface area contributed by atoms with E-state index < -0.39 is 10.0 Å². The van der Waals surface area contributed by atoms with Crippen molar-refractivity contribution in [3.8, 4) is 11.1 Å². The molecule has 228 valence electrons. The summed E-state index contributed by atoms with van der Waals surface area (Å²) in [4.78, 5) is 29.9. The van der Waals surface area contributed by atoms with Crippen LogP contribution in [0.1, 0.15) is 71.6 Å². The highest BCUT2D eigenvalue weighted by Gasteiger charge is 2.40. The predicted molar refractivity (Wildman–Crippen MR) is 167 cm³/mol. The molecule has 2 atom stereocenters. The molecule has 0 bridgehead atoms. The number of amides is 2. The van der Waals surface area contributed by atoms with Gasteiger partial charge in [-0.05, 0) is 67.0 Å². The van der Waals surface area contributed by atoms with Gasteiger partial charge in [0.15, 0.2) is 0 Å². The average Bonchev–Trinajstić information content (AvgIpc) is 3.04. The van der Waals surface area contributed by atoms with Gasteiger partial charge in [-0.3, -0.25) is 14.4 Å². The number of ether oxygens (including phenoxy) is 1. The topological polar surface area (TPSA) is 108 Å². The summed E-state index contributed by atoms with van der Waals surface area (Å²) < 4.78 is 31.9. The standard InChI is InChI=1S/C32H44N4O5S/c1-23-21-35(31(38)41-28-19-32(22-33-20-28)16-8-6-4-5-7-9-17-32)30-18-26(12-15-29(30)36(23)24(2)37)25-10-13-27(14-11-25)34-42(3,39)40/h10-15,18,23,28,33-34H,4-9,16-17,19-22H2,1-3H3/t23-,28?/m0/s1. The Labute approximate surface area is 250 Å². The second-order valence-electron chi connectivity index (χ2n) is 12.5. The summed E-state index contributed by atoms with van der Waals surface area (Å²) >= 11 is 0. The number of sulfonamides is 1. The highest BCUT2D eigenvalue weighted by molar-refractivity contribution is 7.92. The molecule has 1 aliphatic carbocycles. The molecular weight excluding hydrogens is 552 g/mol. The van der Waals surface area contributed by atoms with E-state index in [1.807, 2.05) is 37.3 Å². The second-order valence-corrected chi connectivity index (χ2v) is 14.2. The lowest BCUT2D eigenvalue weighted by Gasteiger charge is -2.43. The number of piperidine rings is 1. The van der Waals surface area contributed by atoms with Gasteiger partial charge in [-0.1, -0.05) is 56.7 Å². The van der Waals surface area contributed by atoms with Gasteiger partial charge in [-0.25, -0.2) is 13.2 Å². The van der Waals surface area contributed by atoms with Crippen LogP contribution in [0.15, 0.2) is 42.5 Å². The Morgan fingerprint density at radius 2 is 1.60 bits per heavy atom. The van der Waals surface area contributed by atoms with Crippen LogP contribution in [0, 0.1) is 5.41 Å². The summed E-state index contributed by atoms with van der Waals surface area (Å²) in [5.41, 5.74) is 3.66. The smallest absolute Gasteiger partial charge is 0.414 e. The third kappa shape index (κ3) is 7.09. The number of anilines is 3. The first-order valence-electron chi connectivity index (χ1n) is 15.2. The van der Waals surface area contributed by atoms with Crippen LogP contribution in [0.2, 0.25) is 0 Å². The fourth-order valence-electron chi connectivity index (χ4n) is 7.03. The zero-order chi connectivity index (χ0) is 29.9. The minimum Gasteiger partial charge on any atom is -0.444 e. The zero-order valence-corrected chi connectivity index (χ0v) is 25.8. The Kier molecular flexibility index (Phi) is 9.13. The molecule has 3 aliphatic rings. The van der Waals surface area contributed by atoms with E-state index in [1.54, 1.807) is 28.9 Å². The Morgan fingerprint density at radius 3 is 2.24 bits per heavy atom. The molecule has 2 amide bonds. The van der Waals surface area contributed by atoms with Gasteiger partial charge >= 0.3 is 6.09 Å². The van der Waals surface area contributed by atoms with Crippen LogP contribution in [-0.4, -0.2) is 58.5 Å². The quantitative estimate of drug-likeness (QED) is 0.455. The van der Waals surface area contributed by atoms with Gasteiger partial charge in [0.25, 0.3) is 0 Å². The van der Waals surface area contributed by atoms with Crippen LogP contribution in [0.5, 0.6) is 0 Å². The third-order valence-electron chi connectivity index (χ3n) is 8.96. The maximum Gasteiger partial charge on any atom is 0.414 e. The van der Waals surface area contributed by atoms with E-state index in [0.717, 1.165) is 30.3 Å². The fourth-order valence-corrected chi connectivity index (χ4v) is 7.59. The molecule has 1 saturated heterocycles. The number of benzene rings is 2. The summed E-state index contributed by atoms with van der Waals surface area (Å²) in [5.74, 6) is -0.0839. The van der Waals surface area contributed by atoms with Crippen LogP contribution in [0.3, 0.4) is 0 Å². The summed E-state index contributed by atoms with van der Waals surface area (Å²) in [6.07, 6.45) is 11.4. The molecule has 9 nitrogen and oxygen atoms in total. The molecule has 1 saturated carbocycles. The van der Waals surface area contributed by atoms with Crippen molar-refractivity contribution in [2.45, 2.75) is 83.8 Å². The maximum absolute atomic E-state index is 13.8. The normalized spacial score (nSPS) is 22.8. The van der Waals surface area contributed by atoms with Crippen LogP contribution < -0.4 is 19.8 Å². The van der Waals surface area contributed by atoms with E-state index in [9.17, 15) is 18.0 Å². The molecule has 2 fully saturated rings. The number of nitrogens with zero attached hydrogens (tertiary/aromatic N) is 2. The number of hydrogen-bond donors (Lipinski definition) is 2. The van der Waals surface area contributed by atoms with Crippen molar-refractivity contribution < 1.29 is 22.7 Å². The fraction of sp³-hybridized carbons (Fsp3) is 0.562. The molecule has 2 N–H and O–H groups in total. The number of nitrogens with one attached hydrogen (secondary N) is 2. The van der Waals surface area contributed by atoms with Crippen LogP contribution in [-0.2, 0) is 19.6 Å². The van der Waals surface area contributed by atoms with Crippen molar-refractivity contribution in [3.63, 3.8) is 0 Å². The van der Waals surface area contributed by atoms with Gasteiger partial charge in [0.2, 0.25) is 15.9 Å². The molecule has 5 rings (SSSR count). The van der Waals surface area contributed by atoms with Gasteiger partial charge in [-0.2, -0.15) is 0 Å². The van der Waals surface area contributed by atoms with Crippen molar-refractivity contribution in [2.75, 3.05) is 40.4 Å². The molecule has 2 aromatic carbocycles. The van der Waals surface area contributed by atoms with E-state index in [1.165, 1.54) is 51.4 Å². The Morgan fingerprint density at radius 1 is 0.952 bits per heavy atom. The lowest BCUT2D eigenvalue weighted by atomic mass is 9.72. The zero-order valence-electron chi connectivity index (χ0n) is 25.0. The number of rotatable bonds is 4. The lowest BCUT2D eigenvalue weighted by Crippen LogP contribution is -2.53. The van der Waals surface area contributed by atoms with Crippen molar-refractivity contribution in [3.05, 3.63) is 42.5 Å². The monoisotopic (exact) mass is 596 g/mol. The highest BCUT2D eigenvalue weighted by atomic mass is 32.2.